The summed E-state index contributed by atoms with van der Waals surface area (Å²) in [6, 6.07) is 0. The second-order valence-electron chi connectivity index (χ2n) is 12.3. The Hall–Kier alpha value is -0.960. The lowest BCUT2D eigenvalue weighted by molar-refractivity contribution is -0.108. The number of unbranched alkanes of at least 4 members (excludes halogenated alkanes) is 16. The molecule has 0 heterocycles. The van der Waals surface area contributed by atoms with Crippen LogP contribution in [0.5, 0.6) is 0 Å². The smallest absolute Gasteiger partial charge is 0.211 e. The number of thiol groups is 4. The Morgan fingerprint density at radius 2 is 0.469 bits per heavy atom. The van der Waals surface area contributed by atoms with Gasteiger partial charge in [-0.3, -0.25) is 19.2 Å². The van der Waals surface area contributed by atoms with E-state index in [9.17, 15) is 19.2 Å². The molecular formula is C41H76O4S4. The van der Waals surface area contributed by atoms with Crippen molar-refractivity contribution in [2.45, 2.75) is 189 Å². The van der Waals surface area contributed by atoms with E-state index in [1.807, 2.05) is 0 Å². The Labute approximate surface area is 326 Å². The molecule has 0 atom stereocenters. The summed E-state index contributed by atoms with van der Waals surface area (Å²) in [5.74, 6) is 0. The van der Waals surface area contributed by atoms with Gasteiger partial charge in [0.15, 0.2) is 0 Å². The highest BCUT2D eigenvalue weighted by molar-refractivity contribution is 7.97. The van der Waals surface area contributed by atoms with Crippen molar-refractivity contribution in [1.29, 1.82) is 0 Å². The van der Waals surface area contributed by atoms with Crippen molar-refractivity contribution in [3.63, 3.8) is 0 Å². The Kier molecular flexibility index (Phi) is 52.8. The molecule has 0 saturated heterocycles. The normalized spacial score (nSPS) is 9.63. The summed E-state index contributed by atoms with van der Waals surface area (Å²) in [6.07, 6.45) is 27.6. The number of carbonyl (C=O) groups is 4. The van der Waals surface area contributed by atoms with Gasteiger partial charge in [-0.05, 0) is 73.7 Å². The van der Waals surface area contributed by atoms with E-state index in [4.69, 9.17) is 0 Å². The molecule has 288 valence electrons. The van der Waals surface area contributed by atoms with Crippen molar-refractivity contribution in [3.8, 4) is 0 Å². The van der Waals surface area contributed by atoms with E-state index >= 15 is 0 Å². The Morgan fingerprint density at radius 1 is 0.327 bits per heavy atom. The summed E-state index contributed by atoms with van der Waals surface area (Å²) in [7, 11) is 0. The highest BCUT2D eigenvalue weighted by Gasteiger charge is 2.02. The second kappa shape index (κ2) is 45.1. The molecule has 0 aromatic carbocycles. The first-order valence-corrected chi connectivity index (χ1v) is 20.2. The molecule has 49 heavy (non-hydrogen) atoms. The van der Waals surface area contributed by atoms with Crippen molar-refractivity contribution >= 4 is 71.0 Å². The van der Waals surface area contributed by atoms with E-state index in [0.29, 0.717) is 22.3 Å². The van der Waals surface area contributed by atoms with Gasteiger partial charge in [0.2, 0.25) is 20.5 Å². The van der Waals surface area contributed by atoms with Gasteiger partial charge in [0.05, 0.1) is 0 Å². The van der Waals surface area contributed by atoms with Crippen LogP contribution in [0, 0.1) is 0 Å². The van der Waals surface area contributed by atoms with Crippen molar-refractivity contribution in [1.82, 2.24) is 0 Å². The van der Waals surface area contributed by atoms with E-state index in [-0.39, 0.29) is 27.9 Å². The van der Waals surface area contributed by atoms with Gasteiger partial charge in [-0.1, -0.05) is 164 Å². The fourth-order valence-electron chi connectivity index (χ4n) is 4.20. The summed E-state index contributed by atoms with van der Waals surface area (Å²) in [4.78, 5) is 42.5. The Balaban J connectivity index is -0.000000174. The summed E-state index contributed by atoms with van der Waals surface area (Å²) in [5.41, 5.74) is 2.59. The average Bonchev–Trinajstić information content (AvgIpc) is 3.04. The minimum Gasteiger partial charge on any atom is -0.282 e. The summed E-state index contributed by atoms with van der Waals surface area (Å²) >= 11 is 14.8. The summed E-state index contributed by atoms with van der Waals surface area (Å²) in [6.45, 7) is 23.3. The molecule has 0 aromatic heterocycles. The minimum absolute atomic E-state index is 0. The zero-order valence-electron chi connectivity index (χ0n) is 31.2. The first kappa shape index (κ1) is 57.4. The molecule has 0 saturated carbocycles. The van der Waals surface area contributed by atoms with Crippen LogP contribution in [-0.4, -0.2) is 20.5 Å². The Bertz CT molecular complexity index is 752. The molecule has 0 aliphatic rings. The third kappa shape index (κ3) is 51.5. The summed E-state index contributed by atoms with van der Waals surface area (Å²) in [5, 5.41) is -0.646. The molecule has 0 fully saturated rings. The SMILES string of the molecule is C.C=C(CCCCCCC)C(=O)S.C=C(CCCCCCC)C(=O)S.C=C(CCCCCCC)C(=O)S.C=C(CCCCCCC)C(=O)S. The molecule has 0 spiro atoms. The zero-order chi connectivity index (χ0) is 37.6. The van der Waals surface area contributed by atoms with Gasteiger partial charge in [0.1, 0.15) is 0 Å². The molecule has 8 heteroatoms. The molecule has 0 unspecified atom stereocenters. The van der Waals surface area contributed by atoms with Crippen molar-refractivity contribution in [2.24, 2.45) is 0 Å². The molecule has 0 N–H and O–H groups in total. The summed E-state index contributed by atoms with van der Waals surface area (Å²) < 4.78 is 0. The van der Waals surface area contributed by atoms with E-state index in [1.165, 1.54) is 103 Å². The highest BCUT2D eigenvalue weighted by Crippen LogP contribution is 2.14. The molecule has 0 rings (SSSR count). The van der Waals surface area contributed by atoms with Crippen LogP contribution < -0.4 is 0 Å². The molecule has 0 bridgehead atoms. The van der Waals surface area contributed by atoms with E-state index < -0.39 is 0 Å². The Morgan fingerprint density at radius 3 is 0.592 bits per heavy atom. The largest absolute Gasteiger partial charge is 0.282 e. The van der Waals surface area contributed by atoms with Gasteiger partial charge >= 0.3 is 0 Å². The minimum atomic E-state index is -0.162. The number of hydrogen-bond donors (Lipinski definition) is 4. The van der Waals surface area contributed by atoms with Gasteiger partial charge in [0, 0.05) is 0 Å². The topological polar surface area (TPSA) is 68.3 Å². The molecule has 0 aliphatic heterocycles. The fourth-order valence-corrected chi connectivity index (χ4v) is 4.64. The van der Waals surface area contributed by atoms with Gasteiger partial charge in [-0.15, -0.1) is 50.5 Å². The predicted octanol–water partition coefficient (Wildman–Crippen LogP) is 14.1. The third-order valence-electron chi connectivity index (χ3n) is 7.54. The lowest BCUT2D eigenvalue weighted by Gasteiger charge is -2.00. The second-order valence-corrected chi connectivity index (χ2v) is 13.9. The van der Waals surface area contributed by atoms with E-state index in [2.05, 4.69) is 105 Å². The standard InChI is InChI=1S/4C10H18OS.CH4/c4*1-3-4-5-6-7-8-9(2)10(11)12;/h4*2-8H2,1H3,(H,11,12);1H4. The molecule has 4 nitrogen and oxygen atoms in total. The van der Waals surface area contributed by atoms with E-state index in [0.717, 1.165) is 51.4 Å². The van der Waals surface area contributed by atoms with Gasteiger partial charge in [-0.2, -0.15) is 0 Å². The van der Waals surface area contributed by atoms with Crippen LogP contribution in [0.1, 0.15) is 189 Å². The van der Waals surface area contributed by atoms with Crippen LogP contribution in [0.3, 0.4) is 0 Å². The van der Waals surface area contributed by atoms with Crippen LogP contribution in [0.15, 0.2) is 48.6 Å². The maximum absolute atomic E-state index is 10.6. The van der Waals surface area contributed by atoms with Gasteiger partial charge in [0.25, 0.3) is 0 Å². The van der Waals surface area contributed by atoms with Crippen LogP contribution in [0.25, 0.3) is 0 Å². The molecule has 0 aromatic rings. The van der Waals surface area contributed by atoms with Crippen molar-refractivity contribution in [3.05, 3.63) is 48.6 Å². The number of rotatable bonds is 28. The first-order valence-electron chi connectivity index (χ1n) is 18.4. The predicted molar refractivity (Wildman–Crippen MR) is 233 cm³/mol. The van der Waals surface area contributed by atoms with Crippen LogP contribution >= 0.6 is 50.5 Å². The molecule has 0 radical (unpaired) electrons. The van der Waals surface area contributed by atoms with Crippen LogP contribution in [-0.2, 0) is 19.2 Å². The van der Waals surface area contributed by atoms with Gasteiger partial charge < -0.3 is 0 Å². The molecule has 0 amide bonds. The zero-order valence-corrected chi connectivity index (χ0v) is 34.8. The maximum Gasteiger partial charge on any atom is 0.211 e. The maximum atomic E-state index is 10.6. The lowest BCUT2D eigenvalue weighted by Crippen LogP contribution is -1.91. The van der Waals surface area contributed by atoms with Gasteiger partial charge in [-0.25, -0.2) is 0 Å². The lowest BCUT2D eigenvalue weighted by atomic mass is 10.1. The van der Waals surface area contributed by atoms with Crippen LogP contribution in [0.4, 0.5) is 0 Å². The third-order valence-corrected chi connectivity index (χ3v) is 8.80. The highest BCUT2D eigenvalue weighted by atomic mass is 32.1. The number of carbonyl (C=O) groups excluding carboxylic acids is 4. The molecular weight excluding hydrogens is 685 g/mol. The number of hydrogen-bond acceptors (Lipinski definition) is 4. The molecule has 0 aliphatic carbocycles. The van der Waals surface area contributed by atoms with Crippen LogP contribution in [0.2, 0.25) is 0 Å². The quantitative estimate of drug-likeness (QED) is 0.0364. The van der Waals surface area contributed by atoms with E-state index in [1.54, 1.807) is 0 Å². The van der Waals surface area contributed by atoms with Crippen molar-refractivity contribution < 1.29 is 19.2 Å². The fraction of sp³-hybridized carbons (Fsp3) is 0.707. The van der Waals surface area contributed by atoms with Crippen molar-refractivity contribution in [2.75, 3.05) is 0 Å². The monoisotopic (exact) mass is 760 g/mol. The average molecular weight is 761 g/mol. The first-order chi connectivity index (χ1) is 22.7.